The van der Waals surface area contributed by atoms with Gasteiger partial charge in [-0.2, -0.15) is 0 Å². The molecule has 0 amide bonds. The van der Waals surface area contributed by atoms with E-state index in [9.17, 15) is 19.2 Å². The normalized spacial score (nSPS) is 13.0. The summed E-state index contributed by atoms with van der Waals surface area (Å²) < 4.78 is 24.2. The molecular weight excluding hydrogens is 727 g/mol. The fraction of sp³-hybridized carbons (Fsp3) is 0.800. The number of unbranched alkanes of at least 4 members (excludes halogenated alkanes) is 12. The van der Waals surface area contributed by atoms with Crippen LogP contribution in [-0.2, 0) is 34.8 Å². The third kappa shape index (κ3) is 26.6. The van der Waals surface area contributed by atoms with Crippen LogP contribution in [0.1, 0.15) is 170 Å². The van der Waals surface area contributed by atoms with Crippen LogP contribution in [0.15, 0.2) is 24.3 Å². The van der Waals surface area contributed by atoms with E-state index in [-0.39, 0.29) is 0 Å². The van der Waals surface area contributed by atoms with Crippen molar-refractivity contribution in [2.24, 2.45) is 11.8 Å². The summed E-state index contributed by atoms with van der Waals surface area (Å²) in [5.74, 6) is -1.95. The van der Waals surface area contributed by atoms with Crippen LogP contribution in [0.25, 0.3) is 0 Å². The number of rotatable bonds is 32. The maximum absolute atomic E-state index is 13.2. The number of hydrogen-bond acceptors (Lipinski definition) is 8. The van der Waals surface area contributed by atoms with Crippen molar-refractivity contribution in [2.75, 3.05) is 13.2 Å². The molecule has 0 rings (SSSR count). The molecule has 0 spiro atoms. The van der Waals surface area contributed by atoms with Gasteiger partial charge in [0.2, 0.25) is 0 Å². The molecule has 0 aliphatic heterocycles. The van der Waals surface area contributed by atoms with Gasteiger partial charge in [-0.1, -0.05) is 0 Å². The molecule has 0 bridgehead atoms. The van der Waals surface area contributed by atoms with Crippen LogP contribution in [0.5, 0.6) is 0 Å². The molecule has 2 atom stereocenters. The molecule has 0 radical (unpaired) electrons. The average Bonchev–Trinajstić information content (AvgIpc) is 3.09. The van der Waals surface area contributed by atoms with Gasteiger partial charge in [-0.3, -0.25) is 0 Å². The molecule has 0 fully saturated rings. The van der Waals surface area contributed by atoms with Gasteiger partial charge in [-0.05, 0) is 0 Å². The van der Waals surface area contributed by atoms with Crippen molar-refractivity contribution in [3.05, 3.63) is 24.3 Å². The second-order valence-corrected chi connectivity index (χ2v) is 22.8. The first-order valence-corrected chi connectivity index (χ1v) is 26.2. The van der Waals surface area contributed by atoms with Crippen molar-refractivity contribution in [1.82, 2.24) is 0 Å². The third-order valence-corrected chi connectivity index (χ3v) is 18.8. The van der Waals surface area contributed by atoms with Crippen LogP contribution in [0, 0.1) is 11.8 Å². The van der Waals surface area contributed by atoms with Crippen LogP contribution in [0.2, 0.25) is 8.87 Å². The molecule has 0 aliphatic carbocycles. The van der Waals surface area contributed by atoms with E-state index in [4.69, 9.17) is 15.6 Å². The Bertz CT molecular complexity index is 857. The van der Waals surface area contributed by atoms with E-state index in [0.29, 0.717) is 33.9 Å². The molecule has 0 heterocycles. The van der Waals surface area contributed by atoms with Crippen LogP contribution >= 0.6 is 0 Å². The standard InChI is InChI=1S/2C12H20O4.2C8H17.Sn/c2*1-3-5-6-10(4-2)9-16-12(15)8-7-11(13)14;2*1-3-5-7-8-6-4-2;/h2*7-8,10H,3-6,9H2,1-2H3,(H,13,14);2*1,3-8H2,2H3;/q;;;;+2/p-2/b2*8-7+;;;/t2*10-;;;/m11.../s1. The minimum atomic E-state index is -4.40. The van der Waals surface area contributed by atoms with E-state index in [1.807, 2.05) is 0 Å². The summed E-state index contributed by atoms with van der Waals surface area (Å²) >= 11 is -4.40. The number of esters is 2. The van der Waals surface area contributed by atoms with Crippen molar-refractivity contribution >= 4 is 43.1 Å². The van der Waals surface area contributed by atoms with E-state index in [1.54, 1.807) is 0 Å². The summed E-state index contributed by atoms with van der Waals surface area (Å²) in [6.07, 6.45) is 25.2. The third-order valence-electron chi connectivity index (χ3n) is 9.12. The second-order valence-electron chi connectivity index (χ2n) is 13.5. The summed E-state index contributed by atoms with van der Waals surface area (Å²) in [7, 11) is 0. The van der Waals surface area contributed by atoms with Crippen molar-refractivity contribution < 1.29 is 34.8 Å². The van der Waals surface area contributed by atoms with Gasteiger partial charge >= 0.3 is 306 Å². The average molecular weight is 800 g/mol. The van der Waals surface area contributed by atoms with Gasteiger partial charge < -0.3 is 0 Å². The molecule has 8 nitrogen and oxygen atoms in total. The molecule has 0 N–H and O–H groups in total. The Morgan fingerprint density at radius 3 is 1.12 bits per heavy atom. The molecule has 0 saturated carbocycles. The molecular formula is C40H72O8Sn. The summed E-state index contributed by atoms with van der Waals surface area (Å²) in [6, 6.07) is 0. The first-order chi connectivity index (χ1) is 23.7. The Morgan fingerprint density at radius 1 is 0.449 bits per heavy atom. The number of carbonyl (C=O) groups is 4. The summed E-state index contributed by atoms with van der Waals surface area (Å²) in [4.78, 5) is 51.3. The molecule has 49 heavy (non-hydrogen) atoms. The van der Waals surface area contributed by atoms with Gasteiger partial charge in [0, 0.05) is 0 Å². The minimum absolute atomic E-state index is 0.293. The van der Waals surface area contributed by atoms with E-state index >= 15 is 0 Å². The SMILES string of the molecule is CCCCCCC[CH2][Sn]([CH2]CCCCCCC)([O]C(=O)/C=C/C(=O)OC[C@H](CC)CCCC)[O]C(=O)/C=C/C(=O)OC[C@H](CC)CCCC. The summed E-state index contributed by atoms with van der Waals surface area (Å²) in [5.41, 5.74) is 0. The summed E-state index contributed by atoms with van der Waals surface area (Å²) in [5, 5.41) is 0. The Morgan fingerprint density at radius 2 is 0.776 bits per heavy atom. The zero-order chi connectivity index (χ0) is 36.6. The fourth-order valence-electron chi connectivity index (χ4n) is 5.70. The first kappa shape index (κ1) is 47.2. The number of hydrogen-bond donors (Lipinski definition) is 0. The van der Waals surface area contributed by atoms with Gasteiger partial charge in [0.25, 0.3) is 0 Å². The molecule has 284 valence electrons. The first-order valence-electron chi connectivity index (χ1n) is 19.8. The predicted molar refractivity (Wildman–Crippen MR) is 201 cm³/mol. The maximum atomic E-state index is 13.2. The van der Waals surface area contributed by atoms with Crippen molar-refractivity contribution in [3.63, 3.8) is 0 Å². The van der Waals surface area contributed by atoms with Crippen LogP contribution in [-0.4, -0.2) is 56.3 Å². The molecule has 0 saturated heterocycles. The number of carbonyl (C=O) groups excluding carboxylic acids is 4. The zero-order valence-electron chi connectivity index (χ0n) is 32.2. The van der Waals surface area contributed by atoms with Crippen LogP contribution in [0.4, 0.5) is 0 Å². The molecule has 0 unspecified atom stereocenters. The molecule has 0 aromatic heterocycles. The number of ether oxygens (including phenoxy) is 2. The Kier molecular flexibility index (Phi) is 30.9. The molecule has 0 aromatic rings. The molecule has 9 heteroatoms. The quantitative estimate of drug-likeness (QED) is 0.0287. The molecule has 0 aliphatic rings. The van der Waals surface area contributed by atoms with Gasteiger partial charge in [0.15, 0.2) is 0 Å². The van der Waals surface area contributed by atoms with Gasteiger partial charge in [0.1, 0.15) is 0 Å². The summed E-state index contributed by atoms with van der Waals surface area (Å²) in [6.45, 7) is 13.4. The predicted octanol–water partition coefficient (Wildman–Crippen LogP) is 10.9. The Labute approximate surface area is 304 Å². The zero-order valence-corrected chi connectivity index (χ0v) is 35.1. The van der Waals surface area contributed by atoms with Crippen molar-refractivity contribution in [1.29, 1.82) is 0 Å². The van der Waals surface area contributed by atoms with Crippen molar-refractivity contribution in [2.45, 2.75) is 179 Å². The Hall–Kier alpha value is -1.84. The second kappa shape index (κ2) is 32.1. The monoisotopic (exact) mass is 800 g/mol. The van der Waals surface area contributed by atoms with Gasteiger partial charge in [-0.15, -0.1) is 0 Å². The van der Waals surface area contributed by atoms with E-state index in [0.717, 1.165) is 140 Å². The van der Waals surface area contributed by atoms with Crippen LogP contribution < -0.4 is 0 Å². The van der Waals surface area contributed by atoms with Gasteiger partial charge in [-0.25, -0.2) is 0 Å². The van der Waals surface area contributed by atoms with Crippen molar-refractivity contribution in [3.8, 4) is 0 Å². The van der Waals surface area contributed by atoms with E-state index in [1.165, 1.54) is 12.8 Å². The fourth-order valence-corrected chi connectivity index (χ4v) is 14.7. The Balaban J connectivity index is 5.78. The van der Waals surface area contributed by atoms with E-state index < -0.39 is 43.1 Å². The molecule has 0 aromatic carbocycles. The van der Waals surface area contributed by atoms with Crippen LogP contribution in [0.3, 0.4) is 0 Å². The van der Waals surface area contributed by atoms with Gasteiger partial charge in [0.05, 0.1) is 0 Å². The topological polar surface area (TPSA) is 105 Å². The van der Waals surface area contributed by atoms with E-state index in [2.05, 4.69) is 41.5 Å².